The molecule has 1 aromatic heterocycles. The molecule has 158 valence electrons. The van der Waals surface area contributed by atoms with Gasteiger partial charge in [-0.2, -0.15) is 0 Å². The molecule has 0 bridgehead atoms. The number of hydrogen-bond donors (Lipinski definition) is 0. The number of hydrogen-bond acceptors (Lipinski definition) is 7. The highest BCUT2D eigenvalue weighted by Crippen LogP contribution is 2.46. The van der Waals surface area contributed by atoms with Crippen LogP contribution in [0.4, 0.5) is 11.5 Å². The van der Waals surface area contributed by atoms with Crippen LogP contribution >= 0.6 is 11.3 Å². The van der Waals surface area contributed by atoms with E-state index in [1.807, 2.05) is 30.3 Å². The van der Waals surface area contributed by atoms with Crippen LogP contribution in [0.5, 0.6) is 11.5 Å². The fourth-order valence-electron chi connectivity index (χ4n) is 3.92. The summed E-state index contributed by atoms with van der Waals surface area (Å²) >= 11 is 1.04. The second-order valence-electron chi connectivity index (χ2n) is 7.15. The first-order valence-corrected chi connectivity index (χ1v) is 10.5. The Morgan fingerprint density at radius 3 is 2.68 bits per heavy atom. The molecule has 0 saturated heterocycles. The number of esters is 1. The van der Waals surface area contributed by atoms with E-state index >= 15 is 0 Å². The number of carbonyl (C=O) groups excluding carboxylic acids is 2. The van der Waals surface area contributed by atoms with Crippen LogP contribution in [0.15, 0.2) is 53.3 Å². The smallest absolute Gasteiger partial charge is 0.325 e. The SMILES string of the molecule is COC(=O)Cn1c2c(sc1=O)[C@@H](c1ccc3c(c1)OCO3)CC(=O)N2c1ccccc1. The molecule has 0 aliphatic carbocycles. The lowest BCUT2D eigenvalue weighted by atomic mass is 9.90. The molecule has 2 aromatic carbocycles. The van der Waals surface area contributed by atoms with E-state index in [1.165, 1.54) is 16.6 Å². The highest BCUT2D eigenvalue weighted by atomic mass is 32.1. The Morgan fingerprint density at radius 2 is 1.90 bits per heavy atom. The van der Waals surface area contributed by atoms with Gasteiger partial charge in [0.05, 0.1) is 17.7 Å². The first-order valence-electron chi connectivity index (χ1n) is 9.64. The molecule has 31 heavy (non-hydrogen) atoms. The van der Waals surface area contributed by atoms with Crippen molar-refractivity contribution >= 4 is 34.7 Å². The van der Waals surface area contributed by atoms with Crippen LogP contribution in [-0.2, 0) is 20.9 Å². The number of benzene rings is 2. The quantitative estimate of drug-likeness (QED) is 0.582. The zero-order valence-corrected chi connectivity index (χ0v) is 17.4. The lowest BCUT2D eigenvalue weighted by Crippen LogP contribution is -2.36. The largest absolute Gasteiger partial charge is 0.468 e. The third-order valence-electron chi connectivity index (χ3n) is 5.38. The van der Waals surface area contributed by atoms with Crippen LogP contribution < -0.4 is 19.2 Å². The average Bonchev–Trinajstić information content (AvgIpc) is 3.38. The van der Waals surface area contributed by atoms with Gasteiger partial charge in [0.1, 0.15) is 12.4 Å². The number of ether oxygens (including phenoxy) is 3. The van der Waals surface area contributed by atoms with E-state index in [9.17, 15) is 14.4 Å². The molecule has 9 heteroatoms. The van der Waals surface area contributed by atoms with Crippen LogP contribution in [0.3, 0.4) is 0 Å². The summed E-state index contributed by atoms with van der Waals surface area (Å²) in [6.45, 7) is -0.121. The molecule has 0 unspecified atom stereocenters. The van der Waals surface area contributed by atoms with E-state index in [0.717, 1.165) is 21.8 Å². The molecular weight excluding hydrogens is 420 g/mol. The van der Waals surface area contributed by atoms with Crippen molar-refractivity contribution in [2.75, 3.05) is 18.8 Å². The van der Waals surface area contributed by atoms with E-state index in [2.05, 4.69) is 0 Å². The molecule has 1 atom stereocenters. The third kappa shape index (κ3) is 3.27. The molecule has 5 rings (SSSR count). The normalized spacial score (nSPS) is 16.9. The number of rotatable bonds is 4. The number of para-hydroxylation sites is 1. The van der Waals surface area contributed by atoms with Crippen LogP contribution in [-0.4, -0.2) is 30.3 Å². The van der Waals surface area contributed by atoms with Gasteiger partial charge in [0.25, 0.3) is 0 Å². The van der Waals surface area contributed by atoms with Crippen molar-refractivity contribution in [2.45, 2.75) is 18.9 Å². The monoisotopic (exact) mass is 438 g/mol. The first kappa shape index (κ1) is 19.4. The summed E-state index contributed by atoms with van der Waals surface area (Å²) in [6, 6.07) is 14.6. The van der Waals surface area contributed by atoms with E-state index in [1.54, 1.807) is 18.2 Å². The van der Waals surface area contributed by atoms with Gasteiger partial charge in [0, 0.05) is 12.3 Å². The van der Waals surface area contributed by atoms with Gasteiger partial charge in [0.15, 0.2) is 11.5 Å². The van der Waals surface area contributed by atoms with Crippen LogP contribution in [0.2, 0.25) is 0 Å². The predicted octanol–water partition coefficient (Wildman–Crippen LogP) is 3.01. The van der Waals surface area contributed by atoms with Crippen molar-refractivity contribution in [1.29, 1.82) is 0 Å². The second-order valence-corrected chi connectivity index (χ2v) is 8.15. The minimum atomic E-state index is -0.562. The molecule has 8 nitrogen and oxygen atoms in total. The summed E-state index contributed by atoms with van der Waals surface area (Å²) in [4.78, 5) is 40.2. The van der Waals surface area contributed by atoms with Crippen molar-refractivity contribution < 1.29 is 23.8 Å². The van der Waals surface area contributed by atoms with Gasteiger partial charge >= 0.3 is 10.8 Å². The Kier molecular flexibility index (Phi) is 4.74. The van der Waals surface area contributed by atoms with Gasteiger partial charge in [0.2, 0.25) is 12.7 Å². The Labute approximate surface area is 181 Å². The molecule has 3 heterocycles. The van der Waals surface area contributed by atoms with E-state index < -0.39 is 5.97 Å². The molecule has 2 aliphatic heterocycles. The number of thiazole rings is 1. The number of carbonyl (C=O) groups is 2. The van der Waals surface area contributed by atoms with Crippen molar-refractivity contribution in [2.24, 2.45) is 0 Å². The highest BCUT2D eigenvalue weighted by molar-refractivity contribution is 7.10. The summed E-state index contributed by atoms with van der Waals surface area (Å²) in [5.41, 5.74) is 1.48. The third-order valence-corrected chi connectivity index (χ3v) is 6.46. The first-order chi connectivity index (χ1) is 15.1. The molecule has 2 aliphatic rings. The van der Waals surface area contributed by atoms with Gasteiger partial charge < -0.3 is 14.2 Å². The molecule has 3 aromatic rings. The minimum Gasteiger partial charge on any atom is -0.468 e. The van der Waals surface area contributed by atoms with Crippen molar-refractivity contribution in [3.8, 4) is 11.5 Å². The molecular formula is C22H18N2O6S. The Bertz CT molecular complexity index is 1230. The van der Waals surface area contributed by atoms with Gasteiger partial charge in [-0.15, -0.1) is 0 Å². The fourth-order valence-corrected chi connectivity index (χ4v) is 5.03. The lowest BCUT2D eigenvalue weighted by Gasteiger charge is -2.32. The van der Waals surface area contributed by atoms with Crippen molar-refractivity contribution in [3.05, 3.63) is 68.6 Å². The summed E-state index contributed by atoms with van der Waals surface area (Å²) in [5, 5.41) is 0. The summed E-state index contributed by atoms with van der Waals surface area (Å²) in [7, 11) is 1.27. The number of fused-ring (bicyclic) bond motifs is 2. The van der Waals surface area contributed by atoms with Gasteiger partial charge in [-0.05, 0) is 29.8 Å². The number of amides is 1. The number of anilines is 2. The number of methoxy groups -OCH3 is 1. The fraction of sp³-hybridized carbons (Fsp3) is 0.227. The number of aromatic nitrogens is 1. The topological polar surface area (TPSA) is 87.1 Å². The standard InChI is InChI=1S/C22H18N2O6S/c1-28-19(26)11-23-21-20(31-22(23)27)15(13-7-8-16-17(9-13)30-12-29-16)10-18(25)24(21)14-5-3-2-4-6-14/h2-9,15H,10-12H2,1H3/t15-/m1/s1. The maximum Gasteiger partial charge on any atom is 0.325 e. The highest BCUT2D eigenvalue weighted by Gasteiger charge is 2.38. The maximum absolute atomic E-state index is 13.3. The van der Waals surface area contributed by atoms with Gasteiger partial charge in [-0.1, -0.05) is 35.6 Å². The maximum atomic E-state index is 13.3. The molecule has 1 amide bonds. The van der Waals surface area contributed by atoms with Crippen molar-refractivity contribution in [1.82, 2.24) is 4.57 Å². The van der Waals surface area contributed by atoms with Gasteiger partial charge in [-0.25, -0.2) is 0 Å². The van der Waals surface area contributed by atoms with Crippen LogP contribution in [0.25, 0.3) is 0 Å². The zero-order chi connectivity index (χ0) is 21.5. The summed E-state index contributed by atoms with van der Waals surface area (Å²) < 4.78 is 17.0. The summed E-state index contributed by atoms with van der Waals surface area (Å²) in [6.07, 6.45) is 0.180. The summed E-state index contributed by atoms with van der Waals surface area (Å²) in [5.74, 6) is 0.594. The lowest BCUT2D eigenvalue weighted by molar-refractivity contribution is -0.141. The molecule has 0 spiro atoms. The second kappa shape index (κ2) is 7.59. The van der Waals surface area contributed by atoms with Crippen molar-refractivity contribution in [3.63, 3.8) is 0 Å². The molecule has 0 fully saturated rings. The molecule has 0 N–H and O–H groups in total. The molecule has 0 radical (unpaired) electrons. The Morgan fingerprint density at radius 1 is 1.13 bits per heavy atom. The Balaban J connectivity index is 1.68. The van der Waals surface area contributed by atoms with Crippen LogP contribution in [0, 0.1) is 0 Å². The van der Waals surface area contributed by atoms with E-state index in [0.29, 0.717) is 23.0 Å². The minimum absolute atomic E-state index is 0.151. The van der Waals surface area contributed by atoms with Crippen LogP contribution in [0.1, 0.15) is 22.8 Å². The Hall–Kier alpha value is -3.59. The van der Waals surface area contributed by atoms with E-state index in [-0.39, 0.29) is 36.5 Å². The predicted molar refractivity (Wildman–Crippen MR) is 113 cm³/mol. The molecule has 0 saturated carbocycles. The average molecular weight is 438 g/mol. The van der Waals surface area contributed by atoms with E-state index in [4.69, 9.17) is 14.2 Å². The zero-order valence-electron chi connectivity index (χ0n) is 16.6. The number of nitrogens with zero attached hydrogens (tertiary/aromatic N) is 2. The van der Waals surface area contributed by atoms with Gasteiger partial charge in [-0.3, -0.25) is 23.9 Å².